The Hall–Kier alpha value is -0.830. The van der Waals surface area contributed by atoms with Crippen molar-refractivity contribution < 1.29 is 0 Å². The third-order valence-corrected chi connectivity index (χ3v) is 3.17. The van der Waals surface area contributed by atoms with Crippen LogP contribution in [0.4, 0.5) is 0 Å². The Morgan fingerprint density at radius 2 is 2.42 bits per heavy atom. The highest BCUT2D eigenvalue weighted by atomic mass is 15.1. The third kappa shape index (κ3) is 0.894. The number of imidazole rings is 1. The largest absolute Gasteiger partial charge is 0.347 e. The number of rotatable bonds is 1. The molecule has 0 bridgehead atoms. The van der Waals surface area contributed by atoms with E-state index >= 15 is 0 Å². The fourth-order valence-electron chi connectivity index (χ4n) is 2.14. The van der Waals surface area contributed by atoms with Crippen molar-refractivity contribution in [2.45, 2.75) is 25.3 Å². The van der Waals surface area contributed by atoms with E-state index in [0.717, 1.165) is 5.82 Å². The van der Waals surface area contributed by atoms with Crippen molar-refractivity contribution in [3.8, 4) is 0 Å². The number of hydrogen-bond donors (Lipinski definition) is 2. The molecule has 2 N–H and O–H groups in total. The van der Waals surface area contributed by atoms with Gasteiger partial charge in [-0.05, 0) is 24.7 Å². The highest BCUT2D eigenvalue weighted by Crippen LogP contribution is 2.54. The minimum Gasteiger partial charge on any atom is -0.347 e. The molecule has 3 rings (SSSR count). The smallest absolute Gasteiger partial charge is 0.123 e. The van der Waals surface area contributed by atoms with E-state index in [4.69, 9.17) is 0 Å². The second-order valence-electron chi connectivity index (χ2n) is 4.11. The summed E-state index contributed by atoms with van der Waals surface area (Å²) in [5, 5.41) is 3.52. The molecular weight excluding hydrogens is 150 g/mol. The summed E-state index contributed by atoms with van der Waals surface area (Å²) in [5.74, 6) is 1.11. The van der Waals surface area contributed by atoms with Crippen LogP contribution in [0.15, 0.2) is 12.4 Å². The van der Waals surface area contributed by atoms with Crippen LogP contribution in [0.1, 0.15) is 31.1 Å². The number of nitrogens with zero attached hydrogens (tertiary/aromatic N) is 1. The molecule has 2 heterocycles. The van der Waals surface area contributed by atoms with E-state index in [1.807, 2.05) is 12.4 Å². The first-order valence-electron chi connectivity index (χ1n) is 4.61. The van der Waals surface area contributed by atoms with Gasteiger partial charge in [-0.15, -0.1) is 0 Å². The summed E-state index contributed by atoms with van der Waals surface area (Å²) in [7, 11) is 0. The van der Waals surface area contributed by atoms with Crippen LogP contribution in [0.2, 0.25) is 0 Å². The molecule has 1 aliphatic heterocycles. The van der Waals surface area contributed by atoms with E-state index in [2.05, 4.69) is 15.3 Å². The minimum atomic E-state index is 0.488. The lowest BCUT2D eigenvalue weighted by Crippen LogP contribution is -2.14. The van der Waals surface area contributed by atoms with E-state index in [-0.39, 0.29) is 0 Å². The van der Waals surface area contributed by atoms with Gasteiger partial charge in [0.25, 0.3) is 0 Å². The van der Waals surface area contributed by atoms with Gasteiger partial charge >= 0.3 is 0 Å². The lowest BCUT2D eigenvalue weighted by atomic mass is 10.0. The van der Waals surface area contributed by atoms with Gasteiger partial charge in [0.1, 0.15) is 5.82 Å². The Bertz CT molecular complexity index is 274. The molecular formula is C9H13N3. The maximum Gasteiger partial charge on any atom is 0.123 e. The average molecular weight is 163 g/mol. The van der Waals surface area contributed by atoms with Gasteiger partial charge in [0.2, 0.25) is 0 Å². The normalized spacial score (nSPS) is 31.2. The molecule has 1 aliphatic carbocycles. The first-order chi connectivity index (χ1) is 5.88. The Balaban J connectivity index is 1.80. The summed E-state index contributed by atoms with van der Waals surface area (Å²) in [4.78, 5) is 7.44. The lowest BCUT2D eigenvalue weighted by Gasteiger charge is -2.05. The van der Waals surface area contributed by atoms with E-state index in [9.17, 15) is 0 Å². The summed E-state index contributed by atoms with van der Waals surface area (Å²) in [5.41, 5.74) is 0.664. The molecule has 64 valence electrons. The summed E-state index contributed by atoms with van der Waals surface area (Å²) in [6, 6.07) is 0.488. The van der Waals surface area contributed by atoms with Gasteiger partial charge in [-0.1, -0.05) is 0 Å². The summed E-state index contributed by atoms with van der Waals surface area (Å²) >= 11 is 0. The molecule has 0 radical (unpaired) electrons. The molecule has 1 spiro atoms. The highest BCUT2D eigenvalue weighted by Gasteiger charge is 2.48. The monoisotopic (exact) mass is 163 g/mol. The zero-order valence-corrected chi connectivity index (χ0v) is 7.01. The topological polar surface area (TPSA) is 40.7 Å². The van der Waals surface area contributed by atoms with Crippen molar-refractivity contribution in [1.29, 1.82) is 0 Å². The number of aromatic amines is 1. The van der Waals surface area contributed by atoms with Crippen molar-refractivity contribution in [2.24, 2.45) is 5.41 Å². The zero-order valence-electron chi connectivity index (χ0n) is 7.01. The molecule has 0 aromatic carbocycles. The molecule has 12 heavy (non-hydrogen) atoms. The second-order valence-corrected chi connectivity index (χ2v) is 4.11. The van der Waals surface area contributed by atoms with Crippen molar-refractivity contribution in [3.63, 3.8) is 0 Å². The molecule has 1 aromatic rings. The van der Waals surface area contributed by atoms with Crippen LogP contribution in [0.5, 0.6) is 0 Å². The third-order valence-electron chi connectivity index (χ3n) is 3.17. The highest BCUT2D eigenvalue weighted by molar-refractivity contribution is 5.09. The Morgan fingerprint density at radius 3 is 3.00 bits per heavy atom. The first-order valence-corrected chi connectivity index (χ1v) is 4.61. The van der Waals surface area contributed by atoms with Gasteiger partial charge in [-0.25, -0.2) is 4.98 Å². The fraction of sp³-hybridized carbons (Fsp3) is 0.667. The summed E-state index contributed by atoms with van der Waals surface area (Å²) in [6.45, 7) is 1.19. The van der Waals surface area contributed by atoms with Crippen LogP contribution in [-0.2, 0) is 0 Å². The van der Waals surface area contributed by atoms with Gasteiger partial charge < -0.3 is 10.3 Å². The van der Waals surface area contributed by atoms with E-state index in [0.29, 0.717) is 11.5 Å². The standard InChI is InChI=1S/C9H13N3/c1-2-9(1)5-7(12-6-9)8-10-3-4-11-8/h3-4,7,12H,1-2,5-6H2,(H,10,11)/t7-/m0/s1. The van der Waals surface area contributed by atoms with Gasteiger partial charge in [0, 0.05) is 18.9 Å². The molecule has 1 atom stereocenters. The quantitative estimate of drug-likeness (QED) is 0.653. The molecule has 0 amide bonds. The minimum absolute atomic E-state index is 0.488. The van der Waals surface area contributed by atoms with E-state index in [1.54, 1.807) is 0 Å². The van der Waals surface area contributed by atoms with Crippen LogP contribution >= 0.6 is 0 Å². The maximum absolute atomic E-state index is 4.27. The van der Waals surface area contributed by atoms with Gasteiger partial charge in [0.15, 0.2) is 0 Å². The molecule has 3 heteroatoms. The van der Waals surface area contributed by atoms with Crippen LogP contribution in [0.25, 0.3) is 0 Å². The number of hydrogen-bond acceptors (Lipinski definition) is 2. The molecule has 1 aromatic heterocycles. The van der Waals surface area contributed by atoms with Gasteiger partial charge in [0.05, 0.1) is 6.04 Å². The van der Waals surface area contributed by atoms with Gasteiger partial charge in [-0.2, -0.15) is 0 Å². The van der Waals surface area contributed by atoms with E-state index < -0.39 is 0 Å². The van der Waals surface area contributed by atoms with Crippen molar-refractivity contribution in [1.82, 2.24) is 15.3 Å². The lowest BCUT2D eigenvalue weighted by molar-refractivity contribution is 0.543. The van der Waals surface area contributed by atoms with Crippen LogP contribution in [-0.4, -0.2) is 16.5 Å². The fourth-order valence-corrected chi connectivity index (χ4v) is 2.14. The number of H-pyrrole nitrogens is 1. The molecule has 2 fully saturated rings. The zero-order chi connectivity index (χ0) is 8.02. The molecule has 1 saturated carbocycles. The van der Waals surface area contributed by atoms with Crippen LogP contribution in [0.3, 0.4) is 0 Å². The van der Waals surface area contributed by atoms with Crippen molar-refractivity contribution >= 4 is 0 Å². The SMILES string of the molecule is c1c[nH]c([C@@H]2CC3(CC3)CN2)n1. The maximum atomic E-state index is 4.27. The molecule has 3 nitrogen and oxygen atoms in total. The predicted molar refractivity (Wildman–Crippen MR) is 45.6 cm³/mol. The van der Waals surface area contributed by atoms with Crippen molar-refractivity contribution in [2.75, 3.05) is 6.54 Å². The number of nitrogens with one attached hydrogen (secondary N) is 2. The second kappa shape index (κ2) is 2.10. The predicted octanol–water partition coefficient (Wildman–Crippen LogP) is 1.22. The van der Waals surface area contributed by atoms with Gasteiger partial charge in [-0.3, -0.25) is 0 Å². The molecule has 2 aliphatic rings. The Kier molecular flexibility index (Phi) is 1.17. The van der Waals surface area contributed by atoms with Crippen LogP contribution in [0, 0.1) is 5.41 Å². The van der Waals surface area contributed by atoms with Crippen LogP contribution < -0.4 is 5.32 Å². The summed E-state index contributed by atoms with van der Waals surface area (Å²) in [6.07, 6.45) is 7.83. The molecule has 1 saturated heterocycles. The average Bonchev–Trinajstić information content (AvgIpc) is 2.54. The van der Waals surface area contributed by atoms with Crippen molar-refractivity contribution in [3.05, 3.63) is 18.2 Å². The Labute approximate surface area is 71.6 Å². The first kappa shape index (κ1) is 6.66. The summed E-state index contributed by atoms with van der Waals surface area (Å²) < 4.78 is 0. The van der Waals surface area contributed by atoms with E-state index in [1.165, 1.54) is 25.8 Å². The Morgan fingerprint density at radius 1 is 1.50 bits per heavy atom. The molecule has 0 unspecified atom stereocenters. The number of aromatic nitrogens is 2.